The average Bonchev–Trinajstić information content (AvgIpc) is 2.17. The summed E-state index contributed by atoms with van der Waals surface area (Å²) in [6.07, 6.45) is 3.04. The first-order valence-electron chi connectivity index (χ1n) is 3.95. The van der Waals surface area contributed by atoms with Crippen LogP contribution in [0, 0.1) is 0 Å². The molecule has 3 N–H and O–H groups in total. The topological polar surface area (TPSA) is 72.0 Å². The van der Waals surface area contributed by atoms with Crippen LogP contribution < -0.4 is 5.73 Å². The summed E-state index contributed by atoms with van der Waals surface area (Å²) in [5, 5.41) is 9.57. The van der Waals surface area contributed by atoms with E-state index < -0.39 is 6.10 Å². The Morgan fingerprint density at radius 3 is 2.92 bits per heavy atom. The van der Waals surface area contributed by atoms with E-state index in [-0.39, 0.29) is 6.04 Å². The molecule has 0 saturated heterocycles. The molecule has 4 heteroatoms. The van der Waals surface area contributed by atoms with Gasteiger partial charge in [0.25, 0.3) is 0 Å². The molecule has 4 nitrogen and oxygen atoms in total. The zero-order valence-corrected chi connectivity index (χ0v) is 7.01. The van der Waals surface area contributed by atoms with Crippen LogP contribution in [0.2, 0.25) is 0 Å². The molecule has 0 aromatic carbocycles. The van der Waals surface area contributed by atoms with Gasteiger partial charge in [-0.2, -0.15) is 0 Å². The van der Waals surface area contributed by atoms with Crippen molar-refractivity contribution in [2.24, 2.45) is 5.73 Å². The second kappa shape index (κ2) is 4.13. The monoisotopic (exact) mass is 167 g/mol. The predicted molar refractivity (Wildman–Crippen MR) is 45.3 cm³/mol. The Morgan fingerprint density at radius 1 is 1.67 bits per heavy atom. The molecule has 0 fully saturated rings. The SMILES string of the molecule is CCC(N)C(O)c1ccncn1. The minimum Gasteiger partial charge on any atom is -0.385 e. The summed E-state index contributed by atoms with van der Waals surface area (Å²) in [6.45, 7) is 1.93. The Labute approximate surface area is 71.5 Å². The van der Waals surface area contributed by atoms with Crippen molar-refractivity contribution < 1.29 is 5.11 Å². The average molecular weight is 167 g/mol. The number of nitrogens with two attached hydrogens (primary N) is 1. The van der Waals surface area contributed by atoms with Crippen LogP contribution in [-0.2, 0) is 0 Å². The highest BCUT2D eigenvalue weighted by atomic mass is 16.3. The standard InChI is InChI=1S/C8H13N3O/c1-2-6(9)8(12)7-3-4-10-5-11-7/h3-6,8,12H,2,9H2,1H3. The molecule has 0 radical (unpaired) electrons. The maximum absolute atomic E-state index is 9.57. The minimum atomic E-state index is -0.682. The van der Waals surface area contributed by atoms with Crippen LogP contribution in [0.15, 0.2) is 18.6 Å². The molecule has 0 aliphatic heterocycles. The van der Waals surface area contributed by atoms with Crippen LogP contribution >= 0.6 is 0 Å². The molecule has 66 valence electrons. The molecule has 0 spiro atoms. The summed E-state index contributed by atoms with van der Waals surface area (Å²) >= 11 is 0. The third kappa shape index (κ3) is 1.99. The van der Waals surface area contributed by atoms with Gasteiger partial charge >= 0.3 is 0 Å². The smallest absolute Gasteiger partial charge is 0.115 e. The first kappa shape index (κ1) is 9.09. The number of aliphatic hydroxyl groups is 1. The lowest BCUT2D eigenvalue weighted by molar-refractivity contribution is 0.140. The van der Waals surface area contributed by atoms with E-state index in [4.69, 9.17) is 5.73 Å². The Balaban J connectivity index is 2.71. The van der Waals surface area contributed by atoms with Crippen LogP contribution in [0.3, 0.4) is 0 Å². The summed E-state index contributed by atoms with van der Waals surface area (Å²) in [5.74, 6) is 0. The molecule has 1 aromatic rings. The zero-order valence-electron chi connectivity index (χ0n) is 7.01. The summed E-state index contributed by atoms with van der Waals surface area (Å²) in [5.41, 5.74) is 6.22. The fraction of sp³-hybridized carbons (Fsp3) is 0.500. The molecule has 0 amide bonds. The molecule has 1 aromatic heterocycles. The van der Waals surface area contributed by atoms with Crippen molar-refractivity contribution >= 4 is 0 Å². The summed E-state index contributed by atoms with van der Waals surface area (Å²) in [6, 6.07) is 1.42. The number of rotatable bonds is 3. The normalized spacial score (nSPS) is 15.6. The number of nitrogens with zero attached hydrogens (tertiary/aromatic N) is 2. The Hall–Kier alpha value is -1.00. The molecule has 0 saturated carbocycles. The third-order valence-corrected chi connectivity index (χ3v) is 1.78. The highest BCUT2D eigenvalue weighted by molar-refractivity contribution is 5.04. The third-order valence-electron chi connectivity index (χ3n) is 1.78. The molecular formula is C8H13N3O. The van der Waals surface area contributed by atoms with Gasteiger partial charge in [0.1, 0.15) is 12.4 Å². The fourth-order valence-electron chi connectivity index (χ4n) is 0.918. The highest BCUT2D eigenvalue weighted by Gasteiger charge is 2.15. The molecule has 1 rings (SSSR count). The van der Waals surface area contributed by atoms with Gasteiger partial charge in [-0.15, -0.1) is 0 Å². The Bertz CT molecular complexity index is 227. The van der Waals surface area contributed by atoms with E-state index in [2.05, 4.69) is 9.97 Å². The number of aromatic nitrogens is 2. The van der Waals surface area contributed by atoms with E-state index in [1.54, 1.807) is 12.3 Å². The van der Waals surface area contributed by atoms with Crippen LogP contribution in [0.1, 0.15) is 25.1 Å². The van der Waals surface area contributed by atoms with Gasteiger partial charge in [0.2, 0.25) is 0 Å². The largest absolute Gasteiger partial charge is 0.385 e. The van der Waals surface area contributed by atoms with E-state index >= 15 is 0 Å². The number of aliphatic hydroxyl groups excluding tert-OH is 1. The van der Waals surface area contributed by atoms with Gasteiger partial charge in [-0.25, -0.2) is 9.97 Å². The number of hydrogen-bond donors (Lipinski definition) is 2. The van der Waals surface area contributed by atoms with Crippen molar-refractivity contribution in [3.63, 3.8) is 0 Å². The lowest BCUT2D eigenvalue weighted by Gasteiger charge is -2.15. The van der Waals surface area contributed by atoms with Crippen molar-refractivity contribution in [3.8, 4) is 0 Å². The van der Waals surface area contributed by atoms with Gasteiger partial charge in [-0.05, 0) is 12.5 Å². The van der Waals surface area contributed by atoms with Gasteiger partial charge in [0, 0.05) is 12.2 Å². The second-order valence-corrected chi connectivity index (χ2v) is 2.65. The summed E-state index contributed by atoms with van der Waals surface area (Å²) in [4.78, 5) is 7.66. The van der Waals surface area contributed by atoms with Crippen molar-refractivity contribution in [1.82, 2.24) is 9.97 Å². The first-order chi connectivity index (χ1) is 5.75. The minimum absolute atomic E-state index is 0.250. The zero-order chi connectivity index (χ0) is 8.97. The predicted octanol–water partition coefficient (Wildman–Crippen LogP) is 0.247. The van der Waals surface area contributed by atoms with E-state index in [9.17, 15) is 5.11 Å². The van der Waals surface area contributed by atoms with Gasteiger partial charge in [-0.1, -0.05) is 6.92 Å². The molecule has 0 aliphatic rings. The molecule has 2 unspecified atom stereocenters. The maximum Gasteiger partial charge on any atom is 0.115 e. The molecule has 0 aliphatic carbocycles. The molecule has 2 atom stereocenters. The summed E-state index contributed by atoms with van der Waals surface area (Å²) < 4.78 is 0. The van der Waals surface area contributed by atoms with Gasteiger partial charge in [0.05, 0.1) is 5.69 Å². The van der Waals surface area contributed by atoms with Crippen molar-refractivity contribution in [1.29, 1.82) is 0 Å². The lowest BCUT2D eigenvalue weighted by Crippen LogP contribution is -2.27. The first-order valence-corrected chi connectivity index (χ1v) is 3.95. The van der Waals surface area contributed by atoms with Gasteiger partial charge < -0.3 is 10.8 Å². The lowest BCUT2D eigenvalue weighted by atomic mass is 10.1. The number of hydrogen-bond acceptors (Lipinski definition) is 4. The fourth-order valence-corrected chi connectivity index (χ4v) is 0.918. The summed E-state index contributed by atoms with van der Waals surface area (Å²) in [7, 11) is 0. The molecule has 1 heterocycles. The maximum atomic E-state index is 9.57. The van der Waals surface area contributed by atoms with Gasteiger partial charge in [-0.3, -0.25) is 0 Å². The quantitative estimate of drug-likeness (QED) is 0.676. The molecular weight excluding hydrogens is 154 g/mol. The molecule has 12 heavy (non-hydrogen) atoms. The van der Waals surface area contributed by atoms with Gasteiger partial charge in [0.15, 0.2) is 0 Å². The van der Waals surface area contributed by atoms with E-state index in [1.807, 2.05) is 6.92 Å². The second-order valence-electron chi connectivity index (χ2n) is 2.65. The van der Waals surface area contributed by atoms with Crippen molar-refractivity contribution in [2.45, 2.75) is 25.5 Å². The van der Waals surface area contributed by atoms with Crippen LogP contribution in [0.25, 0.3) is 0 Å². The van der Waals surface area contributed by atoms with Crippen LogP contribution in [0.4, 0.5) is 0 Å². The molecule has 0 bridgehead atoms. The highest BCUT2D eigenvalue weighted by Crippen LogP contribution is 2.13. The Kier molecular flexibility index (Phi) is 3.13. The van der Waals surface area contributed by atoms with Crippen LogP contribution in [-0.4, -0.2) is 21.1 Å². The van der Waals surface area contributed by atoms with Crippen molar-refractivity contribution in [2.75, 3.05) is 0 Å². The Morgan fingerprint density at radius 2 is 2.42 bits per heavy atom. The van der Waals surface area contributed by atoms with Crippen molar-refractivity contribution in [3.05, 3.63) is 24.3 Å². The van der Waals surface area contributed by atoms with E-state index in [0.717, 1.165) is 6.42 Å². The van der Waals surface area contributed by atoms with Crippen LogP contribution in [0.5, 0.6) is 0 Å². The van der Waals surface area contributed by atoms with E-state index in [1.165, 1.54) is 6.33 Å². The van der Waals surface area contributed by atoms with E-state index in [0.29, 0.717) is 5.69 Å².